The molecule has 2 aromatic heterocycles. The van der Waals surface area contributed by atoms with Gasteiger partial charge in [-0.3, -0.25) is 15.3 Å². The van der Waals surface area contributed by atoms with Gasteiger partial charge in [0.05, 0.1) is 30.2 Å². The van der Waals surface area contributed by atoms with Gasteiger partial charge in [0.2, 0.25) is 0 Å². The molecule has 0 saturated carbocycles. The molecule has 3 rings (SSSR count). The summed E-state index contributed by atoms with van der Waals surface area (Å²) >= 11 is 12.3. The van der Waals surface area contributed by atoms with Gasteiger partial charge in [-0.05, 0) is 29.8 Å². The number of fused-ring (bicyclic) bond motifs is 1. The Kier molecular flexibility index (Phi) is 5.15. The number of benzene rings is 1. The van der Waals surface area contributed by atoms with E-state index in [0.717, 1.165) is 16.8 Å². The monoisotopic (exact) mass is 390 g/mol. The van der Waals surface area contributed by atoms with Crippen LogP contribution in [0.15, 0.2) is 36.7 Å². The molecule has 0 saturated heterocycles. The number of hydrogen-bond donors (Lipinski definition) is 1. The molecule has 8 heteroatoms. The van der Waals surface area contributed by atoms with Gasteiger partial charge in [-0.1, -0.05) is 23.2 Å². The zero-order valence-corrected chi connectivity index (χ0v) is 15.9. The van der Waals surface area contributed by atoms with E-state index in [1.165, 1.54) is 7.11 Å². The van der Waals surface area contributed by atoms with Crippen LogP contribution in [-0.4, -0.2) is 37.3 Å². The number of hydrogen-bond acceptors (Lipinski definition) is 5. The predicted octanol–water partition coefficient (Wildman–Crippen LogP) is 4.85. The van der Waals surface area contributed by atoms with Crippen LogP contribution in [0.2, 0.25) is 10.0 Å². The number of nitrogens with one attached hydrogen (secondary N) is 1. The minimum atomic E-state index is -0.577. The Hall–Kier alpha value is -2.57. The SMILES string of the molecule is COC(=O)Nc1cnc2c(-c3cc(Cl)cc(Cl)c3)ccnc2c1N(C)C. The molecule has 0 unspecified atom stereocenters. The highest BCUT2D eigenvalue weighted by atomic mass is 35.5. The summed E-state index contributed by atoms with van der Waals surface area (Å²) in [5, 5.41) is 3.74. The van der Waals surface area contributed by atoms with E-state index in [0.29, 0.717) is 26.8 Å². The second-order valence-electron chi connectivity index (χ2n) is 5.75. The molecule has 1 N–H and O–H groups in total. The lowest BCUT2D eigenvalue weighted by Crippen LogP contribution is -2.17. The first-order valence-corrected chi connectivity index (χ1v) is 8.42. The molecule has 0 spiro atoms. The maximum atomic E-state index is 11.6. The maximum absolute atomic E-state index is 11.6. The van der Waals surface area contributed by atoms with E-state index in [2.05, 4.69) is 20.0 Å². The number of halogens is 2. The van der Waals surface area contributed by atoms with Crippen LogP contribution in [0.3, 0.4) is 0 Å². The molecule has 2 heterocycles. The number of nitrogens with zero attached hydrogens (tertiary/aromatic N) is 3. The Morgan fingerprint density at radius 1 is 1.12 bits per heavy atom. The number of pyridine rings is 2. The van der Waals surface area contributed by atoms with Crippen molar-refractivity contribution in [2.24, 2.45) is 0 Å². The third-order valence-corrected chi connectivity index (χ3v) is 4.21. The van der Waals surface area contributed by atoms with E-state index in [4.69, 9.17) is 23.2 Å². The normalized spacial score (nSPS) is 10.7. The van der Waals surface area contributed by atoms with Gasteiger partial charge >= 0.3 is 6.09 Å². The highest BCUT2D eigenvalue weighted by molar-refractivity contribution is 6.35. The Bertz CT molecular complexity index is 972. The number of anilines is 2. The van der Waals surface area contributed by atoms with E-state index < -0.39 is 6.09 Å². The summed E-state index contributed by atoms with van der Waals surface area (Å²) in [7, 11) is 5.03. The number of amides is 1. The number of carbonyl (C=O) groups is 1. The lowest BCUT2D eigenvalue weighted by atomic mass is 10.0. The largest absolute Gasteiger partial charge is 0.453 e. The van der Waals surface area contributed by atoms with Crippen LogP contribution in [0.1, 0.15) is 0 Å². The summed E-state index contributed by atoms with van der Waals surface area (Å²) < 4.78 is 4.67. The first-order chi connectivity index (χ1) is 12.4. The summed E-state index contributed by atoms with van der Waals surface area (Å²) in [4.78, 5) is 22.5. The third kappa shape index (κ3) is 3.52. The van der Waals surface area contributed by atoms with Crippen LogP contribution in [-0.2, 0) is 4.74 Å². The molecule has 26 heavy (non-hydrogen) atoms. The second-order valence-corrected chi connectivity index (χ2v) is 6.62. The number of methoxy groups -OCH3 is 1. The molecule has 3 aromatic rings. The molecule has 0 atom stereocenters. The van der Waals surface area contributed by atoms with Crippen molar-refractivity contribution in [1.29, 1.82) is 0 Å². The highest BCUT2D eigenvalue weighted by Crippen LogP contribution is 2.36. The first kappa shape index (κ1) is 18.2. The van der Waals surface area contributed by atoms with Gasteiger partial charge in [0.1, 0.15) is 5.52 Å². The minimum absolute atomic E-state index is 0.503. The molecule has 1 aromatic carbocycles. The molecule has 134 valence electrons. The molecule has 0 fully saturated rings. The summed E-state index contributed by atoms with van der Waals surface area (Å²) in [5.74, 6) is 0. The Balaban J connectivity index is 2.25. The topological polar surface area (TPSA) is 67.3 Å². The van der Waals surface area contributed by atoms with Crippen molar-refractivity contribution >= 4 is 51.7 Å². The maximum Gasteiger partial charge on any atom is 0.411 e. The van der Waals surface area contributed by atoms with E-state index >= 15 is 0 Å². The van der Waals surface area contributed by atoms with Crippen LogP contribution in [0, 0.1) is 0 Å². The van der Waals surface area contributed by atoms with Crippen molar-refractivity contribution in [1.82, 2.24) is 9.97 Å². The summed E-state index contributed by atoms with van der Waals surface area (Å²) in [6.45, 7) is 0. The van der Waals surface area contributed by atoms with Gasteiger partial charge in [0.15, 0.2) is 0 Å². The van der Waals surface area contributed by atoms with Gasteiger partial charge in [-0.2, -0.15) is 0 Å². The number of carbonyl (C=O) groups excluding carboxylic acids is 1. The first-order valence-electron chi connectivity index (χ1n) is 7.67. The fraction of sp³-hybridized carbons (Fsp3) is 0.167. The lowest BCUT2D eigenvalue weighted by Gasteiger charge is -2.20. The van der Waals surface area contributed by atoms with Crippen molar-refractivity contribution < 1.29 is 9.53 Å². The molecule has 6 nitrogen and oxygen atoms in total. The van der Waals surface area contributed by atoms with E-state index in [1.54, 1.807) is 18.5 Å². The van der Waals surface area contributed by atoms with Crippen LogP contribution in [0.4, 0.5) is 16.2 Å². The second kappa shape index (κ2) is 7.35. The van der Waals surface area contributed by atoms with Crippen molar-refractivity contribution in [2.75, 3.05) is 31.4 Å². The average Bonchev–Trinajstić information content (AvgIpc) is 2.59. The fourth-order valence-corrected chi connectivity index (χ4v) is 3.25. The quantitative estimate of drug-likeness (QED) is 0.692. The predicted molar refractivity (Wildman–Crippen MR) is 105 cm³/mol. The van der Waals surface area contributed by atoms with Gasteiger partial charge in [-0.25, -0.2) is 4.79 Å². The van der Waals surface area contributed by atoms with Crippen LogP contribution in [0.25, 0.3) is 22.2 Å². The van der Waals surface area contributed by atoms with Crippen LogP contribution < -0.4 is 10.2 Å². The van der Waals surface area contributed by atoms with E-state index in [-0.39, 0.29) is 0 Å². The fourth-order valence-electron chi connectivity index (χ4n) is 2.72. The van der Waals surface area contributed by atoms with Crippen molar-refractivity contribution in [3.05, 3.63) is 46.7 Å². The van der Waals surface area contributed by atoms with Crippen molar-refractivity contribution in [3.8, 4) is 11.1 Å². The van der Waals surface area contributed by atoms with Gasteiger partial charge in [-0.15, -0.1) is 0 Å². The highest BCUT2D eigenvalue weighted by Gasteiger charge is 2.17. The number of rotatable bonds is 3. The molecule has 0 bridgehead atoms. The van der Waals surface area contributed by atoms with E-state index in [9.17, 15) is 4.79 Å². The Morgan fingerprint density at radius 3 is 2.42 bits per heavy atom. The Morgan fingerprint density at radius 2 is 1.81 bits per heavy atom. The molecule has 0 aliphatic carbocycles. The molecular formula is C18H16Cl2N4O2. The molecule has 0 aliphatic rings. The van der Waals surface area contributed by atoms with E-state index in [1.807, 2.05) is 37.2 Å². The zero-order valence-electron chi connectivity index (χ0n) is 14.4. The standard InChI is InChI=1S/C18H16Cl2N4O2/c1-24(2)17-14(23-18(25)26-3)9-22-15-13(4-5-21-16(15)17)10-6-11(19)8-12(20)7-10/h4-9H,1-3H3,(H,23,25). The molecule has 0 aliphatic heterocycles. The van der Waals surface area contributed by atoms with Crippen LogP contribution >= 0.6 is 23.2 Å². The van der Waals surface area contributed by atoms with Crippen LogP contribution in [0.5, 0.6) is 0 Å². The summed E-state index contributed by atoms with van der Waals surface area (Å²) in [6.07, 6.45) is 2.68. The zero-order chi connectivity index (χ0) is 18.8. The van der Waals surface area contributed by atoms with Crippen molar-refractivity contribution in [3.63, 3.8) is 0 Å². The lowest BCUT2D eigenvalue weighted by molar-refractivity contribution is 0.187. The number of aromatic nitrogens is 2. The molecule has 0 radical (unpaired) electrons. The molecule has 1 amide bonds. The Labute approximate surface area is 160 Å². The van der Waals surface area contributed by atoms with Gasteiger partial charge < -0.3 is 9.64 Å². The smallest absolute Gasteiger partial charge is 0.411 e. The van der Waals surface area contributed by atoms with Gasteiger partial charge in [0.25, 0.3) is 0 Å². The summed E-state index contributed by atoms with van der Waals surface area (Å²) in [6, 6.07) is 7.16. The minimum Gasteiger partial charge on any atom is -0.453 e. The van der Waals surface area contributed by atoms with Gasteiger partial charge in [0, 0.05) is 35.9 Å². The van der Waals surface area contributed by atoms with Crippen molar-refractivity contribution in [2.45, 2.75) is 0 Å². The molecular weight excluding hydrogens is 375 g/mol. The average molecular weight is 391 g/mol. The summed E-state index contributed by atoms with van der Waals surface area (Å²) in [5.41, 5.74) is 4.20. The third-order valence-electron chi connectivity index (χ3n) is 3.77. The number of ether oxygens (including phenoxy) is 1.